The third-order valence-corrected chi connectivity index (χ3v) is 3.11. The highest BCUT2D eigenvalue weighted by Gasteiger charge is 2.37. The van der Waals surface area contributed by atoms with Crippen molar-refractivity contribution in [3.05, 3.63) is 29.6 Å². The number of oxime groups is 1. The first kappa shape index (κ1) is 13.7. The van der Waals surface area contributed by atoms with Crippen LogP contribution in [0.1, 0.15) is 17.5 Å². The Kier molecular flexibility index (Phi) is 3.70. The highest BCUT2D eigenvalue weighted by atomic mass is 32.1. The molecule has 102 valence electrons. The summed E-state index contributed by atoms with van der Waals surface area (Å²) in [4.78, 5) is 9.88. The van der Waals surface area contributed by atoms with Crippen molar-refractivity contribution < 1.29 is 18.0 Å². The minimum absolute atomic E-state index is 0.0578. The predicted molar refractivity (Wildman–Crippen MR) is 66.7 cm³/mol. The van der Waals surface area contributed by atoms with Gasteiger partial charge in [0, 0.05) is 30.9 Å². The molecule has 2 heterocycles. The van der Waals surface area contributed by atoms with Crippen LogP contribution in [0.5, 0.6) is 0 Å². The van der Waals surface area contributed by atoms with E-state index in [1.807, 2.05) is 0 Å². The molecule has 0 N–H and O–H groups in total. The van der Waals surface area contributed by atoms with Crippen molar-refractivity contribution in [1.82, 2.24) is 9.88 Å². The van der Waals surface area contributed by atoms with Crippen LogP contribution in [-0.4, -0.2) is 34.4 Å². The zero-order valence-corrected chi connectivity index (χ0v) is 10.8. The van der Waals surface area contributed by atoms with Crippen LogP contribution >= 0.6 is 12.2 Å². The average Bonchev–Trinajstić information content (AvgIpc) is 2.33. The number of hydrogen-bond donors (Lipinski definition) is 0. The molecule has 0 radical (unpaired) electrons. The third-order valence-electron chi connectivity index (χ3n) is 2.67. The molecule has 1 saturated heterocycles. The van der Waals surface area contributed by atoms with E-state index in [0.717, 1.165) is 18.5 Å². The molecule has 0 saturated carbocycles. The Morgan fingerprint density at radius 1 is 1.53 bits per heavy atom. The van der Waals surface area contributed by atoms with Crippen molar-refractivity contribution in [1.29, 1.82) is 0 Å². The monoisotopic (exact) mass is 289 g/mol. The topological polar surface area (TPSA) is 37.7 Å². The molecule has 0 aliphatic carbocycles. The van der Waals surface area contributed by atoms with Gasteiger partial charge in [0.2, 0.25) is 0 Å². The van der Waals surface area contributed by atoms with E-state index in [9.17, 15) is 13.2 Å². The Balaban J connectivity index is 2.33. The summed E-state index contributed by atoms with van der Waals surface area (Å²) in [6, 6.07) is 0.911. The summed E-state index contributed by atoms with van der Waals surface area (Å²) in [5.41, 5.74) is -0.912. The van der Waals surface area contributed by atoms with Gasteiger partial charge in [-0.2, -0.15) is 13.2 Å². The fraction of sp³-hybridized carbons (Fsp3) is 0.364. The second kappa shape index (κ2) is 5.12. The van der Waals surface area contributed by atoms with Crippen molar-refractivity contribution in [2.24, 2.45) is 5.16 Å². The molecular weight excluding hydrogens is 279 g/mol. The average molecular weight is 289 g/mol. The molecular formula is C11H10F3N3OS. The van der Waals surface area contributed by atoms with E-state index >= 15 is 0 Å². The maximum absolute atomic E-state index is 12.9. The fourth-order valence-corrected chi connectivity index (χ4v) is 2.06. The molecule has 19 heavy (non-hydrogen) atoms. The van der Waals surface area contributed by atoms with Crippen LogP contribution in [0.4, 0.5) is 13.2 Å². The summed E-state index contributed by atoms with van der Waals surface area (Å²) < 4.78 is 38.6. The first-order chi connectivity index (χ1) is 8.95. The van der Waals surface area contributed by atoms with Gasteiger partial charge in [-0.3, -0.25) is 4.98 Å². The maximum Gasteiger partial charge on any atom is 0.417 e. The molecule has 0 spiro atoms. The largest absolute Gasteiger partial charge is 0.417 e. The van der Waals surface area contributed by atoms with E-state index in [1.54, 1.807) is 0 Å². The van der Waals surface area contributed by atoms with Crippen LogP contribution in [0.25, 0.3) is 0 Å². The molecule has 1 aliphatic rings. The van der Waals surface area contributed by atoms with Crippen molar-refractivity contribution in [3.63, 3.8) is 0 Å². The molecule has 1 fully saturated rings. The van der Waals surface area contributed by atoms with E-state index in [2.05, 4.69) is 15.0 Å². The van der Waals surface area contributed by atoms with Crippen LogP contribution in [0.3, 0.4) is 0 Å². The van der Waals surface area contributed by atoms with Gasteiger partial charge in [-0.05, 0) is 6.07 Å². The smallest absolute Gasteiger partial charge is 0.398 e. The Labute approximate surface area is 112 Å². The minimum atomic E-state index is -4.47. The maximum atomic E-state index is 12.9. The van der Waals surface area contributed by atoms with Crippen molar-refractivity contribution in [3.8, 4) is 0 Å². The van der Waals surface area contributed by atoms with Gasteiger partial charge in [0.05, 0.1) is 5.56 Å². The number of hydrogen-bond acceptors (Lipinski definition) is 4. The van der Waals surface area contributed by atoms with Crippen LogP contribution < -0.4 is 0 Å². The lowest BCUT2D eigenvalue weighted by molar-refractivity contribution is -0.137. The first-order valence-corrected chi connectivity index (χ1v) is 5.79. The van der Waals surface area contributed by atoms with Gasteiger partial charge in [0.25, 0.3) is 0 Å². The molecule has 4 nitrogen and oxygen atoms in total. The molecule has 0 bridgehead atoms. The third kappa shape index (κ3) is 2.67. The zero-order valence-electron chi connectivity index (χ0n) is 9.94. The second-order valence-electron chi connectivity index (χ2n) is 3.82. The Morgan fingerprint density at radius 3 is 2.79 bits per heavy atom. The number of likely N-dealkylation sites (tertiary alicyclic amines) is 1. The van der Waals surface area contributed by atoms with E-state index in [0.29, 0.717) is 18.8 Å². The predicted octanol–water partition coefficient (Wildman–Crippen LogP) is 2.44. The van der Waals surface area contributed by atoms with Crippen molar-refractivity contribution in [2.45, 2.75) is 12.6 Å². The van der Waals surface area contributed by atoms with Crippen molar-refractivity contribution in [2.75, 3.05) is 13.7 Å². The molecule has 0 atom stereocenters. The van der Waals surface area contributed by atoms with Crippen LogP contribution in [0.15, 0.2) is 23.6 Å². The number of pyridine rings is 1. The van der Waals surface area contributed by atoms with Gasteiger partial charge in [-0.25, -0.2) is 0 Å². The summed E-state index contributed by atoms with van der Waals surface area (Å²) in [6.45, 7) is 0.521. The first-order valence-electron chi connectivity index (χ1n) is 5.38. The Morgan fingerprint density at radius 2 is 2.26 bits per heavy atom. The quantitative estimate of drug-likeness (QED) is 0.619. The zero-order chi connectivity index (χ0) is 14.0. The summed E-state index contributed by atoms with van der Waals surface area (Å²) in [5.74, 6) is 0.518. The second-order valence-corrected chi connectivity index (χ2v) is 4.20. The van der Waals surface area contributed by atoms with E-state index in [4.69, 9.17) is 12.2 Å². The fourth-order valence-electron chi connectivity index (χ4n) is 1.70. The summed E-state index contributed by atoms with van der Waals surface area (Å²) in [5, 5.41) is 3.70. The number of halogens is 3. The lowest BCUT2D eigenvalue weighted by Gasteiger charge is -2.34. The number of alkyl halides is 3. The molecule has 1 aromatic rings. The van der Waals surface area contributed by atoms with Gasteiger partial charge in [0.15, 0.2) is 5.84 Å². The Bertz CT molecular complexity index is 530. The van der Waals surface area contributed by atoms with E-state index in [1.165, 1.54) is 12.0 Å². The van der Waals surface area contributed by atoms with Gasteiger partial charge in [0.1, 0.15) is 12.1 Å². The normalized spacial score (nSPS) is 17.3. The highest BCUT2D eigenvalue weighted by Crippen LogP contribution is 2.33. The van der Waals surface area contributed by atoms with Crippen molar-refractivity contribution >= 4 is 23.0 Å². The molecule has 1 aliphatic heterocycles. The van der Waals surface area contributed by atoms with Crippen LogP contribution in [0.2, 0.25) is 0 Å². The molecule has 8 heteroatoms. The molecule has 0 aromatic carbocycles. The van der Waals surface area contributed by atoms with Crippen LogP contribution in [-0.2, 0) is 11.0 Å². The minimum Gasteiger partial charge on any atom is -0.398 e. The summed E-state index contributed by atoms with van der Waals surface area (Å²) in [6.07, 6.45) is -1.63. The summed E-state index contributed by atoms with van der Waals surface area (Å²) >= 11 is 5.09. The lowest BCUT2D eigenvalue weighted by Crippen LogP contribution is -2.47. The molecule has 0 amide bonds. The number of nitrogens with zero attached hydrogens (tertiary/aromatic N) is 3. The number of thiocarbonyl (C=S) groups is 1. The highest BCUT2D eigenvalue weighted by molar-refractivity contribution is 7.80. The standard InChI is InChI=1S/C11H10F3N3OS/c1-18-16-9-3-5-17(9)10(19)7-6-15-4-2-8(7)11(12,13)14/h2,4,6H,3,5H2,1H3. The van der Waals surface area contributed by atoms with E-state index < -0.39 is 11.7 Å². The number of aromatic nitrogens is 1. The SMILES string of the molecule is CON=C1CCN1C(=S)c1cnccc1C(F)(F)F. The van der Waals surface area contributed by atoms with Gasteiger partial charge < -0.3 is 9.74 Å². The van der Waals surface area contributed by atoms with Gasteiger partial charge in [-0.15, -0.1) is 0 Å². The lowest BCUT2D eigenvalue weighted by atomic mass is 10.1. The molecule has 0 unspecified atom stereocenters. The number of amidine groups is 1. The van der Waals surface area contributed by atoms with E-state index in [-0.39, 0.29) is 10.6 Å². The molecule has 1 aromatic heterocycles. The summed E-state index contributed by atoms with van der Waals surface area (Å²) in [7, 11) is 1.37. The Hall–Kier alpha value is -1.70. The number of rotatable bonds is 2. The molecule has 2 rings (SSSR count). The van der Waals surface area contributed by atoms with Crippen LogP contribution in [0, 0.1) is 0 Å². The van der Waals surface area contributed by atoms with Gasteiger partial charge in [-0.1, -0.05) is 17.4 Å². The van der Waals surface area contributed by atoms with Gasteiger partial charge >= 0.3 is 6.18 Å².